The Morgan fingerprint density at radius 1 is 1.22 bits per heavy atom. The van der Waals surface area contributed by atoms with E-state index < -0.39 is 0 Å². The van der Waals surface area contributed by atoms with Crippen LogP contribution < -0.4 is 5.32 Å². The molecule has 1 amide bonds. The molecule has 0 radical (unpaired) electrons. The first kappa shape index (κ1) is 16.5. The number of nitrogens with zero attached hydrogens (tertiary/aromatic N) is 1. The quantitative estimate of drug-likeness (QED) is 0.884. The molecule has 3 nitrogen and oxygen atoms in total. The van der Waals surface area contributed by atoms with E-state index in [-0.39, 0.29) is 17.2 Å². The van der Waals surface area contributed by atoms with Crippen LogP contribution in [0.3, 0.4) is 0 Å². The molecule has 3 heteroatoms. The maximum atomic E-state index is 12.8. The highest BCUT2D eigenvalue weighted by Gasteiger charge is 2.40. The summed E-state index contributed by atoms with van der Waals surface area (Å²) in [5.74, 6) is 1.81. The standard InChI is InChI=1S/C20H30N2O/c1-20(2,3)17-10-11-21-12-16(17)13-22-19(23)18(14-6-4-7-14)15-8-5-9-15/h10-12,14-15,18H,4-9,13H2,1-3H3,(H,22,23). The van der Waals surface area contributed by atoms with Crippen molar-refractivity contribution in [3.63, 3.8) is 0 Å². The summed E-state index contributed by atoms with van der Waals surface area (Å²) < 4.78 is 0. The molecule has 1 aromatic heterocycles. The van der Waals surface area contributed by atoms with Crippen molar-refractivity contribution in [2.24, 2.45) is 17.8 Å². The molecule has 0 atom stereocenters. The van der Waals surface area contributed by atoms with Crippen LogP contribution in [0.25, 0.3) is 0 Å². The summed E-state index contributed by atoms with van der Waals surface area (Å²) in [5.41, 5.74) is 2.50. The molecule has 0 bridgehead atoms. The van der Waals surface area contributed by atoms with Gasteiger partial charge in [-0.15, -0.1) is 0 Å². The van der Waals surface area contributed by atoms with Crippen molar-refractivity contribution in [2.75, 3.05) is 0 Å². The molecular formula is C20H30N2O. The lowest BCUT2D eigenvalue weighted by Gasteiger charge is -2.41. The van der Waals surface area contributed by atoms with E-state index in [1.807, 2.05) is 12.4 Å². The van der Waals surface area contributed by atoms with Crippen molar-refractivity contribution >= 4 is 5.91 Å². The van der Waals surface area contributed by atoms with Crippen molar-refractivity contribution in [1.82, 2.24) is 10.3 Å². The van der Waals surface area contributed by atoms with Crippen molar-refractivity contribution < 1.29 is 4.79 Å². The lowest BCUT2D eigenvalue weighted by Crippen LogP contribution is -2.43. The van der Waals surface area contributed by atoms with E-state index >= 15 is 0 Å². The molecule has 23 heavy (non-hydrogen) atoms. The van der Waals surface area contributed by atoms with Crippen LogP contribution in [0.4, 0.5) is 0 Å². The number of hydrogen-bond acceptors (Lipinski definition) is 2. The smallest absolute Gasteiger partial charge is 0.223 e. The van der Waals surface area contributed by atoms with E-state index in [1.165, 1.54) is 44.1 Å². The van der Waals surface area contributed by atoms with Crippen molar-refractivity contribution in [3.05, 3.63) is 29.6 Å². The van der Waals surface area contributed by atoms with Crippen molar-refractivity contribution in [2.45, 2.75) is 71.3 Å². The molecule has 1 aromatic rings. The molecule has 0 saturated heterocycles. The van der Waals surface area contributed by atoms with Crippen LogP contribution >= 0.6 is 0 Å². The Morgan fingerprint density at radius 3 is 2.30 bits per heavy atom. The van der Waals surface area contributed by atoms with Gasteiger partial charge in [-0.25, -0.2) is 0 Å². The number of amides is 1. The van der Waals surface area contributed by atoms with Crippen LogP contribution in [0.2, 0.25) is 0 Å². The van der Waals surface area contributed by atoms with Gasteiger partial charge in [-0.05, 0) is 60.1 Å². The minimum atomic E-state index is 0.0738. The topological polar surface area (TPSA) is 42.0 Å². The van der Waals surface area contributed by atoms with Crippen molar-refractivity contribution in [3.8, 4) is 0 Å². The summed E-state index contributed by atoms with van der Waals surface area (Å²) in [6.07, 6.45) is 11.3. The summed E-state index contributed by atoms with van der Waals surface area (Å²) in [6, 6.07) is 2.08. The van der Waals surface area contributed by atoms with Gasteiger partial charge in [0.15, 0.2) is 0 Å². The molecular weight excluding hydrogens is 284 g/mol. The predicted molar refractivity (Wildman–Crippen MR) is 93.0 cm³/mol. The Balaban J connectivity index is 1.66. The average Bonchev–Trinajstić information content (AvgIpc) is 2.39. The zero-order valence-corrected chi connectivity index (χ0v) is 14.8. The maximum Gasteiger partial charge on any atom is 0.223 e. The van der Waals surface area contributed by atoms with Gasteiger partial charge in [0.05, 0.1) is 0 Å². The van der Waals surface area contributed by atoms with Crippen LogP contribution in [0.15, 0.2) is 18.5 Å². The predicted octanol–water partition coefficient (Wildman–Crippen LogP) is 4.21. The molecule has 0 aliphatic heterocycles. The lowest BCUT2D eigenvalue weighted by molar-refractivity contribution is -0.131. The number of carbonyl (C=O) groups is 1. The first-order valence-electron chi connectivity index (χ1n) is 9.18. The minimum Gasteiger partial charge on any atom is -0.352 e. The van der Waals surface area contributed by atoms with E-state index in [9.17, 15) is 4.79 Å². The lowest BCUT2D eigenvalue weighted by atomic mass is 9.64. The van der Waals surface area contributed by atoms with E-state index in [4.69, 9.17) is 0 Å². The van der Waals surface area contributed by atoms with Crippen LogP contribution in [0, 0.1) is 17.8 Å². The highest BCUT2D eigenvalue weighted by molar-refractivity contribution is 5.79. The van der Waals surface area contributed by atoms with Crippen LogP contribution in [-0.4, -0.2) is 10.9 Å². The third-order valence-electron chi connectivity index (χ3n) is 5.78. The fourth-order valence-electron chi connectivity index (χ4n) is 4.01. The summed E-state index contributed by atoms with van der Waals surface area (Å²) in [6.45, 7) is 7.23. The summed E-state index contributed by atoms with van der Waals surface area (Å²) in [4.78, 5) is 17.1. The van der Waals surface area contributed by atoms with E-state index in [0.29, 0.717) is 18.4 Å². The Kier molecular flexibility index (Phi) is 4.74. The van der Waals surface area contributed by atoms with Gasteiger partial charge in [-0.3, -0.25) is 9.78 Å². The monoisotopic (exact) mass is 314 g/mol. The molecule has 3 rings (SSSR count). The largest absolute Gasteiger partial charge is 0.352 e. The zero-order valence-electron chi connectivity index (χ0n) is 14.8. The van der Waals surface area contributed by atoms with Gasteiger partial charge < -0.3 is 5.32 Å². The summed E-state index contributed by atoms with van der Waals surface area (Å²) in [5, 5.41) is 3.23. The number of hydrogen-bond donors (Lipinski definition) is 1. The van der Waals surface area contributed by atoms with E-state index in [2.05, 4.69) is 37.1 Å². The fraction of sp³-hybridized carbons (Fsp3) is 0.700. The Labute approximate surface area is 140 Å². The number of aromatic nitrogens is 1. The third kappa shape index (κ3) is 3.59. The van der Waals surface area contributed by atoms with Gasteiger partial charge in [0.25, 0.3) is 0 Å². The number of carbonyl (C=O) groups excluding carboxylic acids is 1. The van der Waals surface area contributed by atoms with Crippen LogP contribution in [0.1, 0.15) is 70.4 Å². The number of rotatable bonds is 5. The molecule has 0 aromatic carbocycles. The molecule has 2 aliphatic carbocycles. The maximum absolute atomic E-state index is 12.8. The fourth-order valence-corrected chi connectivity index (χ4v) is 4.01. The second-order valence-corrected chi connectivity index (χ2v) is 8.41. The number of nitrogens with one attached hydrogen (secondary N) is 1. The van der Waals surface area contributed by atoms with Crippen molar-refractivity contribution in [1.29, 1.82) is 0 Å². The Bertz CT molecular complexity index is 539. The highest BCUT2D eigenvalue weighted by atomic mass is 16.1. The minimum absolute atomic E-state index is 0.0738. The first-order valence-corrected chi connectivity index (χ1v) is 9.18. The molecule has 2 aliphatic rings. The molecule has 0 unspecified atom stereocenters. The van der Waals surface area contributed by atoms with Gasteiger partial charge in [0, 0.05) is 24.9 Å². The molecule has 2 saturated carbocycles. The van der Waals surface area contributed by atoms with Gasteiger partial charge in [-0.1, -0.05) is 33.6 Å². The third-order valence-corrected chi connectivity index (χ3v) is 5.78. The SMILES string of the molecule is CC(C)(C)c1ccncc1CNC(=O)C(C1CCC1)C1CCC1. The molecule has 1 heterocycles. The van der Waals surface area contributed by atoms with Crippen LogP contribution in [-0.2, 0) is 16.8 Å². The van der Waals surface area contributed by atoms with Crippen LogP contribution in [0.5, 0.6) is 0 Å². The highest BCUT2D eigenvalue weighted by Crippen LogP contribution is 2.44. The normalized spacial score (nSPS) is 19.3. The van der Waals surface area contributed by atoms with Gasteiger partial charge >= 0.3 is 0 Å². The second kappa shape index (κ2) is 6.62. The molecule has 0 spiro atoms. The molecule has 126 valence electrons. The summed E-state index contributed by atoms with van der Waals surface area (Å²) in [7, 11) is 0. The van der Waals surface area contributed by atoms with E-state index in [1.54, 1.807) is 0 Å². The molecule has 1 N–H and O–H groups in total. The van der Waals surface area contributed by atoms with Gasteiger partial charge in [-0.2, -0.15) is 0 Å². The zero-order chi connectivity index (χ0) is 16.4. The van der Waals surface area contributed by atoms with Gasteiger partial charge in [0.2, 0.25) is 5.91 Å². The first-order chi connectivity index (χ1) is 11.0. The Morgan fingerprint density at radius 2 is 1.83 bits per heavy atom. The average molecular weight is 314 g/mol. The van der Waals surface area contributed by atoms with Gasteiger partial charge in [0.1, 0.15) is 0 Å². The molecule has 2 fully saturated rings. The summed E-state index contributed by atoms with van der Waals surface area (Å²) >= 11 is 0. The van der Waals surface area contributed by atoms with E-state index in [0.717, 1.165) is 5.56 Å². The second-order valence-electron chi connectivity index (χ2n) is 8.41. The Hall–Kier alpha value is -1.38. The number of pyridine rings is 1.